The first kappa shape index (κ1) is 24.2. The van der Waals surface area contributed by atoms with Gasteiger partial charge in [-0.15, -0.1) is 13.2 Å². The van der Waals surface area contributed by atoms with Crippen molar-refractivity contribution in [3.05, 3.63) is 42.2 Å². The van der Waals surface area contributed by atoms with Crippen molar-refractivity contribution in [1.82, 2.24) is 10.3 Å². The Bertz CT molecular complexity index is 1050. The van der Waals surface area contributed by atoms with Crippen LogP contribution in [0.25, 0.3) is 0 Å². The summed E-state index contributed by atoms with van der Waals surface area (Å²) >= 11 is 0. The van der Waals surface area contributed by atoms with Gasteiger partial charge in [-0.2, -0.15) is 13.2 Å². The molecule has 0 unspecified atom stereocenters. The summed E-state index contributed by atoms with van der Waals surface area (Å²) in [6, 6.07) is 4.02. The molecule has 2 aromatic rings. The minimum Gasteiger partial charge on any atom is -0.406 e. The van der Waals surface area contributed by atoms with E-state index in [1.807, 2.05) is 0 Å². The number of halogens is 6. The summed E-state index contributed by atoms with van der Waals surface area (Å²) in [7, 11) is -4.31. The summed E-state index contributed by atoms with van der Waals surface area (Å²) in [6.45, 7) is -1.18. The van der Waals surface area contributed by atoms with Gasteiger partial charge in [0, 0.05) is 6.20 Å². The van der Waals surface area contributed by atoms with Gasteiger partial charge >= 0.3 is 12.5 Å². The van der Waals surface area contributed by atoms with E-state index < -0.39 is 67.9 Å². The Kier molecular flexibility index (Phi) is 6.70. The lowest BCUT2D eigenvalue weighted by Gasteiger charge is -2.15. The van der Waals surface area contributed by atoms with Gasteiger partial charge in [0.1, 0.15) is 5.75 Å². The van der Waals surface area contributed by atoms with Crippen molar-refractivity contribution in [2.45, 2.75) is 28.4 Å². The lowest BCUT2D eigenvalue weighted by Crippen LogP contribution is -2.41. The highest BCUT2D eigenvalue weighted by Crippen LogP contribution is 2.27. The summed E-state index contributed by atoms with van der Waals surface area (Å²) in [6.07, 6.45) is -12.1. The van der Waals surface area contributed by atoms with E-state index >= 15 is 0 Å². The first-order valence-electron chi connectivity index (χ1n) is 8.00. The van der Waals surface area contributed by atoms with Crippen molar-refractivity contribution in [3.63, 3.8) is 0 Å². The average molecular weight is 473 g/mol. The lowest BCUT2D eigenvalue weighted by atomic mass is 10.2. The standard InChI is InChI=1S/C16H13F6N3O5S/c17-15(18,19)12(26)7-25-14(27)13-11(23)5-10(6-24-13)31(28,29)9-3-1-8(2-4-9)30-16(20,21)22/h1-6,12,26H,7,23H2,(H,25,27)/t12-/m0/s1. The number of anilines is 1. The quantitative estimate of drug-likeness (QED) is 0.547. The molecule has 0 radical (unpaired) electrons. The predicted molar refractivity (Wildman–Crippen MR) is 91.6 cm³/mol. The fraction of sp³-hybridized carbons (Fsp3) is 0.250. The minimum absolute atomic E-state index is 0.436. The third-order valence-corrected chi connectivity index (χ3v) is 5.36. The molecule has 0 aliphatic carbocycles. The van der Waals surface area contributed by atoms with E-state index in [9.17, 15) is 39.6 Å². The van der Waals surface area contributed by atoms with E-state index in [0.29, 0.717) is 6.20 Å². The number of hydrogen-bond acceptors (Lipinski definition) is 7. The SMILES string of the molecule is Nc1cc(S(=O)(=O)c2ccc(OC(F)(F)F)cc2)cnc1C(=O)NC[C@H](O)C(F)(F)F. The van der Waals surface area contributed by atoms with Gasteiger partial charge in [-0.3, -0.25) is 4.79 Å². The highest BCUT2D eigenvalue weighted by atomic mass is 32.2. The van der Waals surface area contributed by atoms with Crippen molar-refractivity contribution in [2.24, 2.45) is 0 Å². The van der Waals surface area contributed by atoms with Crippen LogP contribution in [0.5, 0.6) is 5.75 Å². The number of alkyl halides is 6. The molecule has 0 saturated heterocycles. The predicted octanol–water partition coefficient (Wildman–Crippen LogP) is 2.05. The fourth-order valence-corrected chi connectivity index (χ4v) is 3.38. The maximum atomic E-state index is 12.6. The summed E-state index contributed by atoms with van der Waals surface area (Å²) in [5.41, 5.74) is 4.47. The van der Waals surface area contributed by atoms with Crippen LogP contribution in [0, 0.1) is 0 Å². The topological polar surface area (TPSA) is 132 Å². The molecule has 2 rings (SSSR count). The molecule has 1 aromatic carbocycles. The number of sulfone groups is 1. The van der Waals surface area contributed by atoms with Crippen molar-refractivity contribution in [3.8, 4) is 5.75 Å². The number of ether oxygens (including phenoxy) is 1. The number of benzene rings is 1. The average Bonchev–Trinajstić information content (AvgIpc) is 2.64. The van der Waals surface area contributed by atoms with Gasteiger partial charge in [0.15, 0.2) is 11.8 Å². The minimum atomic E-state index is -4.97. The van der Waals surface area contributed by atoms with E-state index in [4.69, 9.17) is 10.8 Å². The van der Waals surface area contributed by atoms with Crippen LogP contribution < -0.4 is 15.8 Å². The van der Waals surface area contributed by atoms with Gasteiger partial charge in [-0.1, -0.05) is 0 Å². The molecule has 0 fully saturated rings. The largest absolute Gasteiger partial charge is 0.573 e. The Hall–Kier alpha value is -3.07. The third kappa shape index (κ3) is 6.21. The summed E-state index contributed by atoms with van der Waals surface area (Å²) in [5, 5.41) is 10.6. The highest BCUT2D eigenvalue weighted by Gasteiger charge is 2.38. The number of nitrogens with one attached hydrogen (secondary N) is 1. The molecule has 1 heterocycles. The Morgan fingerprint density at radius 3 is 2.19 bits per heavy atom. The van der Waals surface area contributed by atoms with Crippen LogP contribution in [0.3, 0.4) is 0 Å². The molecule has 0 aliphatic heterocycles. The summed E-state index contributed by atoms with van der Waals surface area (Å²) in [5.74, 6) is -1.85. The number of aromatic nitrogens is 1. The van der Waals surface area contributed by atoms with Crippen LogP contribution >= 0.6 is 0 Å². The van der Waals surface area contributed by atoms with Crippen molar-refractivity contribution < 1.29 is 49.4 Å². The van der Waals surface area contributed by atoms with Crippen LogP contribution in [0.4, 0.5) is 32.0 Å². The molecule has 4 N–H and O–H groups in total. The number of hydrogen-bond donors (Lipinski definition) is 3. The summed E-state index contributed by atoms with van der Waals surface area (Å²) < 4.78 is 102. The molecule has 31 heavy (non-hydrogen) atoms. The van der Waals surface area contributed by atoms with E-state index in [-0.39, 0.29) is 0 Å². The van der Waals surface area contributed by atoms with E-state index in [1.54, 1.807) is 5.32 Å². The zero-order valence-electron chi connectivity index (χ0n) is 15.0. The van der Waals surface area contributed by atoms with Crippen molar-refractivity contribution in [1.29, 1.82) is 0 Å². The van der Waals surface area contributed by atoms with Crippen LogP contribution in [-0.4, -0.2) is 49.6 Å². The maximum Gasteiger partial charge on any atom is 0.573 e. The zero-order chi connectivity index (χ0) is 23.6. The Labute approximate surface area is 170 Å². The van der Waals surface area contributed by atoms with Crippen LogP contribution in [0.15, 0.2) is 46.3 Å². The normalized spacial score (nSPS) is 13.5. The smallest absolute Gasteiger partial charge is 0.406 e. The first-order chi connectivity index (χ1) is 14.1. The lowest BCUT2D eigenvalue weighted by molar-refractivity contribution is -0.274. The van der Waals surface area contributed by atoms with Gasteiger partial charge in [0.25, 0.3) is 5.91 Å². The van der Waals surface area contributed by atoms with E-state index in [0.717, 1.165) is 30.3 Å². The van der Waals surface area contributed by atoms with Gasteiger partial charge in [-0.05, 0) is 30.3 Å². The van der Waals surface area contributed by atoms with Crippen molar-refractivity contribution in [2.75, 3.05) is 12.3 Å². The molecule has 0 aliphatic rings. The molecule has 15 heteroatoms. The zero-order valence-corrected chi connectivity index (χ0v) is 15.8. The number of pyridine rings is 1. The number of nitrogen functional groups attached to an aromatic ring is 1. The van der Waals surface area contributed by atoms with Gasteiger partial charge in [0.05, 0.1) is 22.0 Å². The molecular weight excluding hydrogens is 460 g/mol. The number of aliphatic hydroxyl groups excluding tert-OH is 1. The molecule has 1 amide bonds. The molecule has 1 aromatic heterocycles. The Morgan fingerprint density at radius 1 is 1.13 bits per heavy atom. The summed E-state index contributed by atoms with van der Waals surface area (Å²) in [4.78, 5) is 14.5. The molecule has 0 saturated carbocycles. The molecule has 1 atom stereocenters. The van der Waals surface area contributed by atoms with Gasteiger partial charge in [0.2, 0.25) is 9.84 Å². The molecule has 170 valence electrons. The number of nitrogens with zero attached hydrogens (tertiary/aromatic N) is 1. The number of rotatable bonds is 6. The van der Waals surface area contributed by atoms with E-state index in [1.165, 1.54) is 0 Å². The number of amides is 1. The number of nitrogens with two attached hydrogens (primary N) is 1. The van der Waals surface area contributed by atoms with Crippen molar-refractivity contribution >= 4 is 21.4 Å². The fourth-order valence-electron chi connectivity index (χ4n) is 2.14. The van der Waals surface area contributed by atoms with Gasteiger partial charge in [-0.25, -0.2) is 13.4 Å². The molecule has 8 nitrogen and oxygen atoms in total. The van der Waals surface area contributed by atoms with E-state index in [2.05, 4.69) is 9.72 Å². The number of aliphatic hydroxyl groups is 1. The number of carbonyl (C=O) groups is 1. The van der Waals surface area contributed by atoms with Crippen LogP contribution in [-0.2, 0) is 9.84 Å². The second-order valence-electron chi connectivity index (χ2n) is 5.90. The Morgan fingerprint density at radius 2 is 1.71 bits per heavy atom. The highest BCUT2D eigenvalue weighted by molar-refractivity contribution is 7.91. The van der Waals surface area contributed by atoms with Crippen LogP contribution in [0.2, 0.25) is 0 Å². The Balaban J connectivity index is 2.20. The monoisotopic (exact) mass is 473 g/mol. The number of carbonyl (C=O) groups excluding carboxylic acids is 1. The second kappa shape index (κ2) is 8.58. The molecule has 0 bridgehead atoms. The second-order valence-corrected chi connectivity index (χ2v) is 7.85. The van der Waals surface area contributed by atoms with Gasteiger partial charge < -0.3 is 20.9 Å². The maximum absolute atomic E-state index is 12.6. The van der Waals surface area contributed by atoms with Crippen LogP contribution in [0.1, 0.15) is 10.5 Å². The first-order valence-corrected chi connectivity index (χ1v) is 9.49. The third-order valence-electron chi connectivity index (χ3n) is 3.62. The molecular formula is C16H13F6N3O5S. The molecule has 0 spiro atoms.